The molecule has 0 saturated heterocycles. The van der Waals surface area contributed by atoms with Crippen LogP contribution in [-0.2, 0) is 0 Å². The number of hydrogen-bond acceptors (Lipinski definition) is 5. The Bertz CT molecular complexity index is 534. The Morgan fingerprint density at radius 2 is 2.38 bits per heavy atom. The highest BCUT2D eigenvalue weighted by atomic mass is 32.2. The molecule has 16 heavy (non-hydrogen) atoms. The summed E-state index contributed by atoms with van der Waals surface area (Å²) in [5.74, 6) is 0.387. The van der Waals surface area contributed by atoms with E-state index in [0.29, 0.717) is 10.8 Å². The third-order valence-electron chi connectivity index (χ3n) is 1.80. The van der Waals surface area contributed by atoms with Crippen molar-refractivity contribution in [3.8, 4) is 0 Å². The first-order chi connectivity index (χ1) is 7.75. The molecule has 0 aromatic carbocycles. The number of ketones is 1. The zero-order chi connectivity index (χ0) is 11.4. The lowest BCUT2D eigenvalue weighted by Gasteiger charge is -1.98. The van der Waals surface area contributed by atoms with Crippen LogP contribution in [0.5, 0.6) is 0 Å². The van der Waals surface area contributed by atoms with Gasteiger partial charge < -0.3 is 4.98 Å². The molecular weight excluding hydrogens is 244 g/mol. The van der Waals surface area contributed by atoms with Crippen molar-refractivity contribution >= 4 is 28.9 Å². The summed E-state index contributed by atoms with van der Waals surface area (Å²) in [4.78, 5) is 29.4. The predicted molar refractivity (Wildman–Crippen MR) is 64.2 cm³/mol. The Balaban J connectivity index is 1.98. The molecule has 2 aromatic rings. The second-order valence-electron chi connectivity index (χ2n) is 2.93. The second kappa shape index (κ2) is 5.09. The molecule has 0 bridgehead atoms. The first-order valence-electron chi connectivity index (χ1n) is 4.50. The maximum Gasteiger partial charge on any atom is 0.345 e. The van der Waals surface area contributed by atoms with Gasteiger partial charge in [-0.3, -0.25) is 4.79 Å². The van der Waals surface area contributed by atoms with Gasteiger partial charge in [0.05, 0.1) is 15.7 Å². The summed E-state index contributed by atoms with van der Waals surface area (Å²) in [5.41, 5.74) is -0.395. The molecule has 0 aliphatic rings. The number of aromatic amines is 1. The number of H-pyrrole nitrogens is 1. The van der Waals surface area contributed by atoms with Crippen LogP contribution in [0.2, 0.25) is 0 Å². The quantitative estimate of drug-likeness (QED) is 0.512. The first-order valence-corrected chi connectivity index (χ1v) is 6.37. The molecule has 0 unspecified atom stereocenters. The van der Waals surface area contributed by atoms with Gasteiger partial charge in [0, 0.05) is 6.20 Å². The van der Waals surface area contributed by atoms with E-state index in [1.54, 1.807) is 12.1 Å². The number of rotatable bonds is 4. The zero-order valence-corrected chi connectivity index (χ0v) is 9.81. The summed E-state index contributed by atoms with van der Waals surface area (Å²) < 4.78 is 0. The summed E-state index contributed by atoms with van der Waals surface area (Å²) in [6.07, 6.45) is 1.43. The third-order valence-corrected chi connectivity index (χ3v) is 3.67. The Labute approximate surface area is 99.7 Å². The van der Waals surface area contributed by atoms with Crippen LogP contribution in [0, 0.1) is 0 Å². The average molecular weight is 252 g/mol. The van der Waals surface area contributed by atoms with E-state index >= 15 is 0 Å². The van der Waals surface area contributed by atoms with Gasteiger partial charge in [0.25, 0.3) is 0 Å². The zero-order valence-electron chi connectivity index (χ0n) is 8.17. The number of carbonyl (C=O) groups excluding carboxylic acids is 1. The Morgan fingerprint density at radius 1 is 1.50 bits per heavy atom. The van der Waals surface area contributed by atoms with Crippen LogP contribution in [0.1, 0.15) is 9.67 Å². The summed E-state index contributed by atoms with van der Waals surface area (Å²) in [6.45, 7) is 0. The number of Topliss-reactive ketones (excluding diaryl/α,β-unsaturated/α-hetero) is 1. The fourth-order valence-corrected chi connectivity index (χ4v) is 2.60. The maximum atomic E-state index is 11.6. The molecule has 1 N–H and O–H groups in total. The number of hydrogen-bond donors (Lipinski definition) is 1. The van der Waals surface area contributed by atoms with Gasteiger partial charge in [-0.05, 0) is 17.5 Å². The van der Waals surface area contributed by atoms with Gasteiger partial charge in [0.2, 0.25) is 0 Å². The highest BCUT2D eigenvalue weighted by molar-refractivity contribution is 7.99. The fourth-order valence-electron chi connectivity index (χ4n) is 1.09. The fraction of sp³-hybridized carbons (Fsp3) is 0.100. The molecule has 0 atom stereocenters. The maximum absolute atomic E-state index is 11.6. The van der Waals surface area contributed by atoms with Crippen LogP contribution in [0.4, 0.5) is 0 Å². The number of nitrogens with zero attached hydrogens (tertiary/aromatic N) is 1. The third kappa shape index (κ3) is 2.80. The van der Waals surface area contributed by atoms with E-state index in [4.69, 9.17) is 0 Å². The van der Waals surface area contributed by atoms with Gasteiger partial charge >= 0.3 is 5.69 Å². The smallest absolute Gasteiger partial charge is 0.300 e. The molecular formula is C10H8N2O2S2. The lowest BCUT2D eigenvalue weighted by Crippen LogP contribution is -2.09. The molecule has 0 aliphatic heterocycles. The molecule has 0 saturated carbocycles. The summed E-state index contributed by atoms with van der Waals surface area (Å²) in [6, 6.07) is 5.31. The lowest BCUT2D eigenvalue weighted by molar-refractivity contribution is 0.102. The van der Waals surface area contributed by atoms with Crippen LogP contribution in [-0.4, -0.2) is 21.5 Å². The number of carbonyl (C=O) groups is 1. The standard InChI is InChI=1S/C10H8N2O2S2/c13-7(8-2-1-5-15-8)6-16-9-3-4-11-10(14)12-9/h1-5H,6H2,(H,11,12,14). The molecule has 2 heterocycles. The van der Waals surface area contributed by atoms with E-state index < -0.39 is 5.69 Å². The van der Waals surface area contributed by atoms with Crippen LogP contribution >= 0.6 is 23.1 Å². The molecule has 82 valence electrons. The number of aromatic nitrogens is 2. The largest absolute Gasteiger partial charge is 0.345 e. The monoisotopic (exact) mass is 252 g/mol. The van der Waals surface area contributed by atoms with Crippen molar-refractivity contribution in [2.75, 3.05) is 5.75 Å². The van der Waals surface area contributed by atoms with Crippen molar-refractivity contribution in [1.29, 1.82) is 0 Å². The normalized spacial score (nSPS) is 10.2. The highest BCUT2D eigenvalue weighted by Crippen LogP contribution is 2.17. The first kappa shape index (κ1) is 11.1. The van der Waals surface area contributed by atoms with E-state index in [0.717, 1.165) is 4.88 Å². The Kier molecular flexibility index (Phi) is 3.53. The minimum Gasteiger partial charge on any atom is -0.300 e. The van der Waals surface area contributed by atoms with Crippen LogP contribution in [0.15, 0.2) is 39.6 Å². The molecule has 4 nitrogen and oxygen atoms in total. The van der Waals surface area contributed by atoms with E-state index in [1.165, 1.54) is 29.3 Å². The number of thiophene rings is 1. The molecule has 2 rings (SSSR count). The number of nitrogens with one attached hydrogen (secondary N) is 1. The predicted octanol–water partition coefficient (Wildman–Crippen LogP) is 1.81. The van der Waals surface area contributed by atoms with Gasteiger partial charge in [-0.15, -0.1) is 23.1 Å². The Morgan fingerprint density at radius 3 is 3.06 bits per heavy atom. The van der Waals surface area contributed by atoms with E-state index in [1.807, 2.05) is 11.4 Å². The highest BCUT2D eigenvalue weighted by Gasteiger charge is 2.07. The van der Waals surface area contributed by atoms with Crippen LogP contribution in [0.25, 0.3) is 0 Å². The van der Waals surface area contributed by atoms with Gasteiger partial charge in [-0.2, -0.15) is 0 Å². The van der Waals surface area contributed by atoms with Gasteiger partial charge in [-0.1, -0.05) is 6.07 Å². The van der Waals surface area contributed by atoms with E-state index in [-0.39, 0.29) is 5.78 Å². The van der Waals surface area contributed by atoms with E-state index in [9.17, 15) is 9.59 Å². The molecule has 0 spiro atoms. The van der Waals surface area contributed by atoms with Gasteiger partial charge in [-0.25, -0.2) is 9.78 Å². The molecule has 0 fully saturated rings. The SMILES string of the molecule is O=C(CSc1ccnc(=O)[nH]1)c1cccs1. The second-order valence-corrected chi connectivity index (χ2v) is 4.89. The van der Waals surface area contributed by atoms with Crippen molar-refractivity contribution in [3.63, 3.8) is 0 Å². The molecule has 2 aromatic heterocycles. The Hall–Kier alpha value is -1.40. The molecule has 0 aliphatic carbocycles. The lowest BCUT2D eigenvalue weighted by atomic mass is 10.4. The van der Waals surface area contributed by atoms with Crippen LogP contribution in [0.3, 0.4) is 0 Å². The van der Waals surface area contributed by atoms with Gasteiger partial charge in [0.1, 0.15) is 0 Å². The van der Waals surface area contributed by atoms with E-state index in [2.05, 4.69) is 9.97 Å². The summed E-state index contributed by atoms with van der Waals surface area (Å²) >= 11 is 2.72. The average Bonchev–Trinajstić information content (AvgIpc) is 2.79. The summed E-state index contributed by atoms with van der Waals surface area (Å²) in [5, 5.41) is 2.52. The minimum absolute atomic E-state index is 0.0673. The van der Waals surface area contributed by atoms with Gasteiger partial charge in [0.15, 0.2) is 5.78 Å². The van der Waals surface area contributed by atoms with Crippen LogP contribution < -0.4 is 5.69 Å². The minimum atomic E-state index is -0.395. The van der Waals surface area contributed by atoms with Crippen molar-refractivity contribution in [2.45, 2.75) is 5.03 Å². The number of thioether (sulfide) groups is 1. The topological polar surface area (TPSA) is 62.8 Å². The summed E-state index contributed by atoms with van der Waals surface area (Å²) in [7, 11) is 0. The molecule has 0 amide bonds. The van der Waals surface area contributed by atoms with Crippen molar-refractivity contribution in [1.82, 2.24) is 9.97 Å². The van der Waals surface area contributed by atoms with Crippen molar-refractivity contribution in [2.24, 2.45) is 0 Å². The molecule has 6 heteroatoms. The van der Waals surface area contributed by atoms with Crippen molar-refractivity contribution < 1.29 is 4.79 Å². The van der Waals surface area contributed by atoms with Crippen molar-refractivity contribution in [3.05, 3.63) is 45.1 Å². The molecule has 0 radical (unpaired) electrons.